The maximum absolute atomic E-state index is 11.5. The Balaban J connectivity index is 2.19. The van der Waals surface area contributed by atoms with Crippen molar-refractivity contribution in [3.8, 4) is 22.9 Å². The van der Waals surface area contributed by atoms with E-state index < -0.39 is 0 Å². The van der Waals surface area contributed by atoms with Crippen LogP contribution in [0.15, 0.2) is 18.2 Å². The molecule has 0 saturated heterocycles. The number of nitrogens with one attached hydrogen (secondary N) is 1. The number of amides is 1. The summed E-state index contributed by atoms with van der Waals surface area (Å²) in [5, 5.41) is 3.23. The van der Waals surface area contributed by atoms with Gasteiger partial charge < -0.3 is 14.8 Å². The smallest absolute Gasteiger partial charge is 0.226 e. The molecule has 0 atom stereocenters. The molecule has 0 bridgehead atoms. The van der Waals surface area contributed by atoms with Crippen LogP contribution in [0.5, 0.6) is 11.5 Å². The first kappa shape index (κ1) is 15.2. The highest BCUT2D eigenvalue weighted by molar-refractivity contribution is 7.10. The van der Waals surface area contributed by atoms with E-state index >= 15 is 0 Å². The lowest BCUT2D eigenvalue weighted by atomic mass is 10.2. The van der Waals surface area contributed by atoms with Crippen molar-refractivity contribution in [2.24, 2.45) is 0 Å². The second-order valence-electron chi connectivity index (χ2n) is 4.29. The first-order valence-electron chi connectivity index (χ1n) is 6.54. The first-order valence-corrected chi connectivity index (χ1v) is 7.31. The van der Waals surface area contributed by atoms with Crippen LogP contribution in [0.25, 0.3) is 11.4 Å². The van der Waals surface area contributed by atoms with Gasteiger partial charge in [-0.25, -0.2) is 0 Å². The summed E-state index contributed by atoms with van der Waals surface area (Å²) in [5.74, 6) is 1.76. The van der Waals surface area contributed by atoms with Gasteiger partial charge in [0.15, 0.2) is 17.3 Å². The Labute approximate surface area is 127 Å². The van der Waals surface area contributed by atoms with Crippen LogP contribution in [-0.4, -0.2) is 29.5 Å². The van der Waals surface area contributed by atoms with Crippen LogP contribution in [0.3, 0.4) is 0 Å². The summed E-state index contributed by atoms with van der Waals surface area (Å²) in [6.45, 7) is 1.95. The zero-order valence-electron chi connectivity index (χ0n) is 12.2. The number of rotatable bonds is 6. The largest absolute Gasteiger partial charge is 0.493 e. The monoisotopic (exact) mass is 307 g/mol. The summed E-state index contributed by atoms with van der Waals surface area (Å²) in [7, 11) is 3.16. The van der Waals surface area contributed by atoms with E-state index in [4.69, 9.17) is 9.47 Å². The lowest BCUT2D eigenvalue weighted by molar-refractivity contribution is -0.116. The van der Waals surface area contributed by atoms with E-state index in [1.54, 1.807) is 26.4 Å². The van der Waals surface area contributed by atoms with Gasteiger partial charge in [-0.15, -0.1) is 0 Å². The topological polar surface area (TPSA) is 73.3 Å². The van der Waals surface area contributed by atoms with Crippen LogP contribution < -0.4 is 14.8 Å². The molecule has 2 rings (SSSR count). The average Bonchev–Trinajstić information content (AvgIpc) is 2.95. The van der Waals surface area contributed by atoms with Gasteiger partial charge in [0.2, 0.25) is 11.0 Å². The molecule has 0 aliphatic heterocycles. The fourth-order valence-electron chi connectivity index (χ4n) is 1.78. The van der Waals surface area contributed by atoms with Crippen molar-refractivity contribution in [3.05, 3.63) is 18.2 Å². The lowest BCUT2D eigenvalue weighted by Crippen LogP contribution is -2.10. The number of hydrogen-bond donors (Lipinski definition) is 1. The zero-order valence-corrected chi connectivity index (χ0v) is 13.0. The predicted octanol–water partition coefficient (Wildman–Crippen LogP) is 2.96. The molecule has 7 heteroatoms. The summed E-state index contributed by atoms with van der Waals surface area (Å²) in [4.78, 5) is 15.8. The highest BCUT2D eigenvalue weighted by Gasteiger charge is 2.12. The van der Waals surface area contributed by atoms with E-state index in [1.807, 2.05) is 13.0 Å². The number of carbonyl (C=O) groups is 1. The van der Waals surface area contributed by atoms with Crippen molar-refractivity contribution in [1.82, 2.24) is 9.36 Å². The van der Waals surface area contributed by atoms with E-state index in [9.17, 15) is 4.79 Å². The number of ether oxygens (including phenoxy) is 2. The SMILES string of the molecule is CCCC(=O)Nc1nc(-c2ccc(OC)c(OC)c2)ns1. The van der Waals surface area contributed by atoms with Gasteiger partial charge in [0, 0.05) is 23.5 Å². The van der Waals surface area contributed by atoms with Gasteiger partial charge in [-0.05, 0) is 24.6 Å². The number of carbonyl (C=O) groups excluding carboxylic acids is 1. The summed E-state index contributed by atoms with van der Waals surface area (Å²) in [5.41, 5.74) is 0.805. The number of nitrogens with zero attached hydrogens (tertiary/aromatic N) is 2. The molecule has 0 saturated carbocycles. The first-order chi connectivity index (χ1) is 10.2. The van der Waals surface area contributed by atoms with Crippen LogP contribution in [-0.2, 0) is 4.79 Å². The second-order valence-corrected chi connectivity index (χ2v) is 5.04. The molecule has 112 valence electrons. The number of hydrogen-bond acceptors (Lipinski definition) is 6. The molecule has 0 radical (unpaired) electrons. The molecule has 1 aromatic heterocycles. The molecule has 21 heavy (non-hydrogen) atoms. The van der Waals surface area contributed by atoms with Gasteiger partial charge in [0.25, 0.3) is 0 Å². The molecule has 1 N–H and O–H groups in total. The van der Waals surface area contributed by atoms with E-state index in [0.29, 0.717) is 28.9 Å². The van der Waals surface area contributed by atoms with Crippen molar-refractivity contribution >= 4 is 22.6 Å². The zero-order chi connectivity index (χ0) is 15.2. The molecule has 0 aliphatic carbocycles. The molecule has 0 aliphatic rings. The maximum Gasteiger partial charge on any atom is 0.226 e. The molecule has 1 heterocycles. The van der Waals surface area contributed by atoms with Crippen molar-refractivity contribution in [3.63, 3.8) is 0 Å². The maximum atomic E-state index is 11.5. The molecule has 6 nitrogen and oxygen atoms in total. The van der Waals surface area contributed by atoms with Crippen LogP contribution in [0, 0.1) is 0 Å². The highest BCUT2D eigenvalue weighted by Crippen LogP contribution is 2.32. The number of methoxy groups -OCH3 is 2. The third kappa shape index (κ3) is 3.69. The summed E-state index contributed by atoms with van der Waals surface area (Å²) < 4.78 is 14.7. The summed E-state index contributed by atoms with van der Waals surface area (Å²) >= 11 is 1.16. The Hall–Kier alpha value is -2.15. The third-order valence-corrected chi connectivity index (χ3v) is 3.42. The summed E-state index contributed by atoms with van der Waals surface area (Å²) in [6.07, 6.45) is 1.28. The summed E-state index contributed by atoms with van der Waals surface area (Å²) in [6, 6.07) is 5.45. The average molecular weight is 307 g/mol. The van der Waals surface area contributed by atoms with Gasteiger partial charge in [0.1, 0.15) is 0 Å². The molecule has 1 aromatic carbocycles. The fraction of sp³-hybridized carbons (Fsp3) is 0.357. The molecule has 1 amide bonds. The minimum Gasteiger partial charge on any atom is -0.493 e. The quantitative estimate of drug-likeness (QED) is 0.888. The van der Waals surface area contributed by atoms with Gasteiger partial charge >= 0.3 is 0 Å². The predicted molar refractivity (Wildman–Crippen MR) is 82.0 cm³/mol. The second kappa shape index (κ2) is 7.03. The molecular formula is C14H17N3O3S. The van der Waals surface area contributed by atoms with Crippen molar-refractivity contribution in [1.29, 1.82) is 0 Å². The van der Waals surface area contributed by atoms with E-state index in [1.165, 1.54) is 0 Å². The molecule has 0 spiro atoms. The Morgan fingerprint density at radius 3 is 2.71 bits per heavy atom. The molecule has 0 unspecified atom stereocenters. The van der Waals surface area contributed by atoms with E-state index in [2.05, 4.69) is 14.7 Å². The normalized spacial score (nSPS) is 10.2. The fourth-order valence-corrected chi connectivity index (χ4v) is 2.38. The Bertz CT molecular complexity index is 628. The van der Waals surface area contributed by atoms with Gasteiger partial charge in [-0.1, -0.05) is 6.92 Å². The molecule has 0 fully saturated rings. The number of benzene rings is 1. The minimum atomic E-state index is -0.0486. The molecular weight excluding hydrogens is 290 g/mol. The van der Waals surface area contributed by atoms with Crippen molar-refractivity contribution < 1.29 is 14.3 Å². The van der Waals surface area contributed by atoms with Gasteiger partial charge in [-0.2, -0.15) is 9.36 Å². The Kier molecular flexibility index (Phi) is 5.10. The van der Waals surface area contributed by atoms with Crippen LogP contribution in [0.4, 0.5) is 5.13 Å². The standard InChI is InChI=1S/C14H17N3O3S/c1-4-5-12(18)15-14-16-13(17-21-14)9-6-7-10(19-2)11(8-9)20-3/h6-8H,4-5H2,1-3H3,(H,15,16,17,18). The third-order valence-electron chi connectivity index (χ3n) is 2.79. The van der Waals surface area contributed by atoms with Gasteiger partial charge in [-0.3, -0.25) is 4.79 Å². The van der Waals surface area contributed by atoms with Crippen LogP contribution in [0.1, 0.15) is 19.8 Å². The molecule has 2 aromatic rings. The number of aromatic nitrogens is 2. The Morgan fingerprint density at radius 2 is 2.05 bits per heavy atom. The van der Waals surface area contributed by atoms with Gasteiger partial charge in [0.05, 0.1) is 14.2 Å². The van der Waals surface area contributed by atoms with Crippen molar-refractivity contribution in [2.45, 2.75) is 19.8 Å². The lowest BCUT2D eigenvalue weighted by Gasteiger charge is -2.07. The van der Waals surface area contributed by atoms with Crippen LogP contribution >= 0.6 is 11.5 Å². The van der Waals surface area contributed by atoms with E-state index in [-0.39, 0.29) is 5.91 Å². The number of anilines is 1. The van der Waals surface area contributed by atoms with Crippen LogP contribution in [0.2, 0.25) is 0 Å². The van der Waals surface area contributed by atoms with E-state index in [0.717, 1.165) is 23.5 Å². The van der Waals surface area contributed by atoms with Crippen molar-refractivity contribution in [2.75, 3.05) is 19.5 Å². The highest BCUT2D eigenvalue weighted by atomic mass is 32.1. The Morgan fingerprint density at radius 1 is 1.29 bits per heavy atom. The minimum absolute atomic E-state index is 0.0486.